The van der Waals surface area contributed by atoms with Crippen molar-refractivity contribution in [2.45, 2.75) is 53.2 Å². The number of primary sulfonamides is 1. The molecule has 0 amide bonds. The number of aromatic nitrogens is 2. The molecular formula is C18H28Br3N5O3S. The van der Waals surface area contributed by atoms with Crippen LogP contribution in [0.5, 0.6) is 0 Å². The van der Waals surface area contributed by atoms with Gasteiger partial charge in [0.25, 0.3) is 0 Å². The lowest BCUT2D eigenvalue weighted by atomic mass is 10.0. The molecule has 1 aromatic rings. The molecule has 0 fully saturated rings. The van der Waals surface area contributed by atoms with Gasteiger partial charge in [0.2, 0.25) is 16.0 Å². The number of allylic oxidation sites excluding steroid dienone is 3. The second-order valence-electron chi connectivity index (χ2n) is 6.46. The number of hydrogen-bond acceptors (Lipinski definition) is 7. The van der Waals surface area contributed by atoms with E-state index in [-0.39, 0.29) is 21.4 Å². The van der Waals surface area contributed by atoms with E-state index < -0.39 is 15.6 Å². The van der Waals surface area contributed by atoms with Crippen molar-refractivity contribution >= 4 is 69.6 Å². The lowest BCUT2D eigenvalue weighted by Crippen LogP contribution is -2.39. The van der Waals surface area contributed by atoms with Crippen LogP contribution in [0.15, 0.2) is 42.9 Å². The molecule has 1 rings (SSSR count). The molecule has 0 radical (unpaired) electrons. The van der Waals surface area contributed by atoms with Gasteiger partial charge in [-0.3, -0.25) is 0 Å². The summed E-state index contributed by atoms with van der Waals surface area (Å²) in [6, 6.07) is -0.284. The van der Waals surface area contributed by atoms with Crippen molar-refractivity contribution in [1.82, 2.24) is 9.97 Å². The van der Waals surface area contributed by atoms with Crippen LogP contribution in [0.3, 0.4) is 0 Å². The molecule has 1 aromatic heterocycles. The zero-order valence-electron chi connectivity index (χ0n) is 17.7. The molecule has 5 N–H and O–H groups in total. The Balaban J connectivity index is 0.00000407. The molecule has 0 aromatic carbocycles. The van der Waals surface area contributed by atoms with Crippen LogP contribution in [0, 0.1) is 0 Å². The number of nitrogens with zero attached hydrogens (tertiary/aromatic N) is 2. The maximum atomic E-state index is 11.7. The van der Waals surface area contributed by atoms with Crippen molar-refractivity contribution in [2.75, 3.05) is 10.6 Å². The van der Waals surface area contributed by atoms with Gasteiger partial charge in [-0.1, -0.05) is 36.4 Å². The highest BCUT2D eigenvalue weighted by Gasteiger charge is 2.23. The molecule has 0 aliphatic rings. The predicted octanol–water partition coefficient (Wildman–Crippen LogP) is 4.96. The molecule has 170 valence electrons. The minimum absolute atomic E-state index is 0.103. The molecule has 8 nitrogen and oxygen atoms in total. The van der Waals surface area contributed by atoms with Crippen molar-refractivity contribution < 1.29 is 13.5 Å². The molecule has 1 atom stereocenters. The largest absolute Gasteiger partial charge is 0.388 e. The van der Waals surface area contributed by atoms with Gasteiger partial charge in [0.05, 0.1) is 16.1 Å². The van der Waals surface area contributed by atoms with Crippen LogP contribution < -0.4 is 15.8 Å². The van der Waals surface area contributed by atoms with E-state index in [2.05, 4.69) is 75.0 Å². The summed E-state index contributed by atoms with van der Waals surface area (Å²) >= 11 is 9.69. The number of halogens is 3. The summed E-state index contributed by atoms with van der Waals surface area (Å²) in [6.07, 6.45) is 2.99. The number of anilines is 2. The number of rotatable bonds is 8. The average Bonchev–Trinajstić information content (AvgIpc) is 2.56. The molecule has 0 saturated heterocycles. The second-order valence-corrected chi connectivity index (χ2v) is 10.9. The van der Waals surface area contributed by atoms with Gasteiger partial charge in [0.15, 0.2) is 0 Å². The first-order valence-corrected chi connectivity index (χ1v) is 12.8. The number of nitrogens with two attached hydrogens (primary N) is 1. The minimum atomic E-state index is -3.94. The molecule has 12 heteroatoms. The van der Waals surface area contributed by atoms with Crippen LogP contribution in [0.25, 0.3) is 0 Å². The Morgan fingerprint density at radius 1 is 1.37 bits per heavy atom. The van der Waals surface area contributed by atoms with Crippen LogP contribution in [0.4, 0.5) is 11.8 Å². The van der Waals surface area contributed by atoms with Gasteiger partial charge in [0.1, 0.15) is 10.7 Å². The number of hydrogen-bond donors (Lipinski definition) is 4. The third-order valence-corrected chi connectivity index (χ3v) is 6.77. The van der Waals surface area contributed by atoms with Gasteiger partial charge in [0, 0.05) is 20.9 Å². The van der Waals surface area contributed by atoms with E-state index in [9.17, 15) is 13.5 Å². The van der Waals surface area contributed by atoms with Crippen LogP contribution >= 0.6 is 47.8 Å². The highest BCUT2D eigenvalue weighted by atomic mass is 79.9. The number of aliphatic hydroxyl groups is 1. The van der Waals surface area contributed by atoms with Gasteiger partial charge in [-0.2, -0.15) is 4.98 Å². The zero-order valence-corrected chi connectivity index (χ0v) is 23.3. The maximum Gasteiger partial charge on any atom is 0.239 e. The summed E-state index contributed by atoms with van der Waals surface area (Å²) < 4.78 is 24.6. The summed E-state index contributed by atoms with van der Waals surface area (Å²) in [7, 11) is -3.94. The fourth-order valence-electron chi connectivity index (χ4n) is 1.80. The normalized spacial score (nSPS) is 14.2. The third-order valence-electron chi connectivity index (χ3n) is 3.54. The molecule has 30 heavy (non-hydrogen) atoms. The fraction of sp³-hybridized carbons (Fsp3) is 0.444. The van der Waals surface area contributed by atoms with Crippen molar-refractivity contribution in [2.24, 2.45) is 5.14 Å². The topological polar surface area (TPSA) is 130 Å². The Morgan fingerprint density at radius 2 is 1.90 bits per heavy atom. The van der Waals surface area contributed by atoms with E-state index in [1.165, 1.54) is 6.08 Å². The van der Waals surface area contributed by atoms with E-state index in [0.29, 0.717) is 20.5 Å². The average molecular weight is 634 g/mol. The van der Waals surface area contributed by atoms with Crippen LogP contribution in [-0.2, 0) is 10.0 Å². The van der Waals surface area contributed by atoms with Crippen molar-refractivity contribution in [3.63, 3.8) is 0 Å². The molecular weight excluding hydrogens is 606 g/mol. The summed E-state index contributed by atoms with van der Waals surface area (Å²) in [5.41, 5.74) is -0.635. The monoisotopic (exact) mass is 631 g/mol. The van der Waals surface area contributed by atoms with Crippen LogP contribution in [0.2, 0.25) is 0 Å². The Bertz CT molecular complexity index is 921. The Hall–Kier alpha value is -0.790. The summed E-state index contributed by atoms with van der Waals surface area (Å²) in [5.74, 6) is 0.705. The van der Waals surface area contributed by atoms with E-state index in [1.807, 2.05) is 20.8 Å². The standard InChI is InChI=1S/C16H22Br3N5O3S.C2H6/c1-8(6-11(18)13(9(2)17)28(20,26)27)22-15-21-7-12(19)14(24-15)23-10(3)16(4,5)25;1-2/h6-7,10,25H,1H2,2-5H3,(H2,20,26,27)(H2,21,22,23,24);1-2H3/b11-6+,13-9-;/t10-;/m1./s1. The Morgan fingerprint density at radius 3 is 2.33 bits per heavy atom. The van der Waals surface area contributed by atoms with E-state index in [0.717, 1.165) is 0 Å². The highest BCUT2D eigenvalue weighted by molar-refractivity contribution is 9.12. The summed E-state index contributed by atoms with van der Waals surface area (Å²) in [5, 5.41) is 21.3. The summed E-state index contributed by atoms with van der Waals surface area (Å²) in [4.78, 5) is 8.38. The van der Waals surface area contributed by atoms with Crippen molar-refractivity contribution in [1.29, 1.82) is 0 Å². The van der Waals surface area contributed by atoms with Crippen LogP contribution in [-0.4, -0.2) is 35.1 Å². The predicted molar refractivity (Wildman–Crippen MR) is 135 cm³/mol. The van der Waals surface area contributed by atoms with Crippen LogP contribution in [0.1, 0.15) is 41.5 Å². The SMILES string of the molecule is C=C(/C=C(Br)\C(=C(/C)Br)S(N)(=O)=O)Nc1ncc(Br)c(N[C@H](C)C(C)(C)O)n1.CC. The van der Waals surface area contributed by atoms with Gasteiger partial charge in [-0.15, -0.1) is 0 Å². The van der Waals surface area contributed by atoms with Gasteiger partial charge < -0.3 is 15.7 Å². The lowest BCUT2D eigenvalue weighted by Gasteiger charge is -2.27. The Kier molecular flexibility index (Phi) is 12.0. The Labute approximate surface area is 204 Å². The fourth-order valence-corrected chi connectivity index (χ4v) is 5.24. The smallest absolute Gasteiger partial charge is 0.239 e. The molecule has 0 unspecified atom stereocenters. The minimum Gasteiger partial charge on any atom is -0.388 e. The molecule has 0 aliphatic heterocycles. The molecule has 0 saturated carbocycles. The summed E-state index contributed by atoms with van der Waals surface area (Å²) in [6.45, 7) is 14.6. The molecule has 0 bridgehead atoms. The number of sulfonamides is 1. The van der Waals surface area contributed by atoms with E-state index in [1.54, 1.807) is 27.0 Å². The molecule has 0 spiro atoms. The van der Waals surface area contributed by atoms with Gasteiger partial charge in [-0.05, 0) is 65.6 Å². The van der Waals surface area contributed by atoms with Crippen molar-refractivity contribution in [3.05, 3.63) is 42.9 Å². The quantitative estimate of drug-likeness (QED) is 0.298. The molecule has 1 heterocycles. The third kappa shape index (κ3) is 9.56. The number of nitrogens with one attached hydrogen (secondary N) is 2. The first-order valence-electron chi connectivity index (χ1n) is 8.87. The second kappa shape index (κ2) is 12.3. The lowest BCUT2D eigenvalue weighted by molar-refractivity contribution is 0.0647. The van der Waals surface area contributed by atoms with Gasteiger partial charge in [-0.25, -0.2) is 18.5 Å². The first-order chi connectivity index (χ1) is 13.6. The molecule has 0 aliphatic carbocycles. The van der Waals surface area contributed by atoms with E-state index in [4.69, 9.17) is 5.14 Å². The maximum absolute atomic E-state index is 11.7. The zero-order chi connectivity index (χ0) is 23.9. The first kappa shape index (κ1) is 29.2. The van der Waals surface area contributed by atoms with Crippen molar-refractivity contribution in [3.8, 4) is 0 Å². The van der Waals surface area contributed by atoms with Gasteiger partial charge >= 0.3 is 0 Å². The highest BCUT2D eigenvalue weighted by Crippen LogP contribution is 2.29. The van der Waals surface area contributed by atoms with E-state index >= 15 is 0 Å².